The lowest BCUT2D eigenvalue weighted by Crippen LogP contribution is -2.54. The summed E-state index contributed by atoms with van der Waals surface area (Å²) in [5.41, 5.74) is 2.78. The van der Waals surface area contributed by atoms with Crippen molar-refractivity contribution in [1.29, 1.82) is 0 Å². The quantitative estimate of drug-likeness (QED) is 0.469. The summed E-state index contributed by atoms with van der Waals surface area (Å²) in [5, 5.41) is 37.0. The molecular weight excluding hydrogens is 355 g/mol. The number of H-pyrrole nitrogens is 1. The van der Waals surface area contributed by atoms with Crippen molar-refractivity contribution in [3.8, 4) is 0 Å². The summed E-state index contributed by atoms with van der Waals surface area (Å²) in [7, 11) is -0.925. The monoisotopic (exact) mass is 384 g/mol. The molecule has 150 valence electrons. The van der Waals surface area contributed by atoms with Crippen LogP contribution in [-0.4, -0.2) is 61.6 Å². The number of hydrazone groups is 1. The molecule has 1 fully saturated rings. The van der Waals surface area contributed by atoms with Crippen LogP contribution in [0, 0.1) is 11.8 Å². The molecule has 2 aliphatic rings. The van der Waals surface area contributed by atoms with Gasteiger partial charge in [-0.25, -0.2) is 4.98 Å². The average molecular weight is 384 g/mol. The summed E-state index contributed by atoms with van der Waals surface area (Å²) in [4.78, 5) is 9.16. The van der Waals surface area contributed by atoms with Gasteiger partial charge in [-0.15, -0.1) is 0 Å². The molecule has 2 aromatic rings. The third kappa shape index (κ3) is 3.23. The maximum absolute atomic E-state index is 10.9. The topological polar surface area (TPSA) is 105 Å². The minimum absolute atomic E-state index is 0.0845. The van der Waals surface area contributed by atoms with E-state index in [4.69, 9.17) is 5.10 Å². The molecule has 1 aliphatic carbocycles. The minimum Gasteiger partial charge on any atom is -0.428 e. The number of nitrogens with zero attached hydrogens (tertiary/aromatic N) is 3. The van der Waals surface area contributed by atoms with Crippen molar-refractivity contribution in [1.82, 2.24) is 14.9 Å². The van der Waals surface area contributed by atoms with Gasteiger partial charge in [0.1, 0.15) is 5.65 Å². The molecule has 0 unspecified atom stereocenters. The first-order valence-corrected chi connectivity index (χ1v) is 10.3. The average Bonchev–Trinajstić information content (AvgIpc) is 3.10. The van der Waals surface area contributed by atoms with Crippen molar-refractivity contribution in [2.75, 3.05) is 13.2 Å². The largest absolute Gasteiger partial charge is 0.468 e. The number of nitrogens with one attached hydrogen (secondary N) is 1. The highest BCUT2D eigenvalue weighted by Gasteiger charge is 2.41. The summed E-state index contributed by atoms with van der Waals surface area (Å²) in [5.74, 6) is 0.431. The molecule has 2 aromatic heterocycles. The van der Waals surface area contributed by atoms with E-state index in [2.05, 4.69) is 23.8 Å². The highest BCUT2D eigenvalue weighted by atomic mass is 16.3. The molecule has 1 aliphatic heterocycles. The smallest absolute Gasteiger partial charge is 0.428 e. The summed E-state index contributed by atoms with van der Waals surface area (Å²) >= 11 is 0. The van der Waals surface area contributed by atoms with Gasteiger partial charge in [0.2, 0.25) is 0 Å². The zero-order valence-corrected chi connectivity index (χ0v) is 16.6. The van der Waals surface area contributed by atoms with Gasteiger partial charge in [-0.2, -0.15) is 5.10 Å². The highest BCUT2D eigenvalue weighted by Crippen LogP contribution is 2.39. The van der Waals surface area contributed by atoms with Crippen molar-refractivity contribution in [3.63, 3.8) is 0 Å². The van der Waals surface area contributed by atoms with E-state index in [-0.39, 0.29) is 25.0 Å². The fraction of sp³-hybridized carbons (Fsp3) is 0.600. The number of hydrogen-bond donors (Lipinski definition) is 4. The normalized spacial score (nSPS) is 28.2. The first kappa shape index (κ1) is 19.4. The van der Waals surface area contributed by atoms with Crippen molar-refractivity contribution in [2.24, 2.45) is 16.9 Å². The zero-order valence-electron chi connectivity index (χ0n) is 16.6. The van der Waals surface area contributed by atoms with Crippen LogP contribution in [0.15, 0.2) is 23.6 Å². The Morgan fingerprint density at radius 3 is 3.00 bits per heavy atom. The fourth-order valence-electron chi connectivity index (χ4n) is 4.95. The number of rotatable bonds is 4. The van der Waals surface area contributed by atoms with E-state index in [0.717, 1.165) is 59.9 Å². The Hall–Kier alpha value is -1.90. The molecule has 4 N–H and O–H groups in total. The van der Waals surface area contributed by atoms with Gasteiger partial charge in [0.05, 0.1) is 17.9 Å². The van der Waals surface area contributed by atoms with Crippen molar-refractivity contribution < 1.29 is 15.2 Å². The lowest BCUT2D eigenvalue weighted by molar-refractivity contribution is 0.0101. The molecular formula is C20H29BN4O3. The number of fused-ring (bicyclic) bond motifs is 3. The van der Waals surface area contributed by atoms with Crippen LogP contribution in [0.4, 0.5) is 0 Å². The van der Waals surface area contributed by atoms with Gasteiger partial charge in [-0.1, -0.05) is 13.8 Å². The number of hydrogen-bond acceptors (Lipinski definition) is 6. The van der Waals surface area contributed by atoms with Crippen LogP contribution in [0.1, 0.15) is 51.5 Å². The standard InChI is InChI=1S/C20H29BN4O3/c1-3-20(27)7-4-5-14(13(2)11-20)18-17-15-6-8-22-19(15)23-12-16(17)21(28)25(24-18)9-10-26/h6,8,12-14,26-28H,3-5,7,9-11H2,1-2H3,(H,22,23)/t13-,14-,20+/m0/s1. The van der Waals surface area contributed by atoms with Gasteiger partial charge in [0, 0.05) is 41.3 Å². The van der Waals surface area contributed by atoms with Gasteiger partial charge >= 0.3 is 7.05 Å². The van der Waals surface area contributed by atoms with E-state index in [1.54, 1.807) is 11.1 Å². The van der Waals surface area contributed by atoms with Crippen molar-refractivity contribution >= 4 is 29.3 Å². The van der Waals surface area contributed by atoms with Gasteiger partial charge in [-0.05, 0) is 44.1 Å². The molecule has 8 heteroatoms. The molecule has 28 heavy (non-hydrogen) atoms. The van der Waals surface area contributed by atoms with Gasteiger partial charge in [-0.3, -0.25) is 0 Å². The number of aromatic amines is 1. The fourth-order valence-corrected chi connectivity index (χ4v) is 4.95. The maximum atomic E-state index is 10.9. The second-order valence-electron chi connectivity index (χ2n) is 8.33. The predicted molar refractivity (Wildman–Crippen MR) is 110 cm³/mol. The van der Waals surface area contributed by atoms with E-state index in [1.165, 1.54) is 0 Å². The second kappa shape index (κ2) is 7.50. The van der Waals surface area contributed by atoms with Crippen LogP contribution in [0.2, 0.25) is 0 Å². The van der Waals surface area contributed by atoms with Gasteiger partial charge < -0.3 is 25.1 Å². The Balaban J connectivity index is 1.82. The molecule has 7 nitrogen and oxygen atoms in total. The lowest BCUT2D eigenvalue weighted by Gasteiger charge is -2.35. The number of pyridine rings is 1. The molecule has 0 amide bonds. The molecule has 0 bridgehead atoms. The predicted octanol–water partition coefficient (Wildman–Crippen LogP) is 1.23. The Labute approximate surface area is 165 Å². The molecule has 0 radical (unpaired) electrons. The Morgan fingerprint density at radius 2 is 2.25 bits per heavy atom. The summed E-state index contributed by atoms with van der Waals surface area (Å²) in [6.07, 6.45) is 7.76. The Bertz CT molecular complexity index is 885. The Morgan fingerprint density at radius 1 is 1.43 bits per heavy atom. The third-order valence-electron chi connectivity index (χ3n) is 6.55. The summed E-state index contributed by atoms with van der Waals surface area (Å²) < 4.78 is 0. The second-order valence-corrected chi connectivity index (χ2v) is 8.33. The molecule has 0 saturated heterocycles. The van der Waals surface area contributed by atoms with Crippen molar-refractivity contribution in [3.05, 3.63) is 24.0 Å². The van der Waals surface area contributed by atoms with Crippen LogP contribution in [-0.2, 0) is 0 Å². The van der Waals surface area contributed by atoms with Gasteiger partial charge in [0.25, 0.3) is 0 Å². The SMILES string of the molecule is CC[C@@]1(O)CCC[C@H](C2=NN(CCO)B(O)c3cnc4[nH]ccc4c32)[C@@H](C)C1. The number of β-amino-alcohol motifs (C(OH)–C–C–N with tert-alkyl or cyclic N) is 1. The lowest BCUT2D eigenvalue weighted by atomic mass is 9.66. The van der Waals surface area contributed by atoms with Crippen LogP contribution < -0.4 is 5.46 Å². The van der Waals surface area contributed by atoms with E-state index in [9.17, 15) is 15.2 Å². The van der Waals surface area contributed by atoms with Crippen LogP contribution in [0.25, 0.3) is 11.0 Å². The van der Waals surface area contributed by atoms with E-state index >= 15 is 0 Å². The van der Waals surface area contributed by atoms with Crippen LogP contribution in [0.5, 0.6) is 0 Å². The number of aliphatic hydroxyl groups excluding tert-OH is 1. The van der Waals surface area contributed by atoms with E-state index in [1.807, 2.05) is 12.3 Å². The zero-order chi connectivity index (χ0) is 19.9. The molecule has 0 aromatic carbocycles. The third-order valence-corrected chi connectivity index (χ3v) is 6.55. The maximum Gasteiger partial charge on any atom is 0.468 e. The summed E-state index contributed by atoms with van der Waals surface area (Å²) in [6.45, 7) is 4.42. The first-order chi connectivity index (χ1) is 13.5. The van der Waals surface area contributed by atoms with Gasteiger partial charge in [0.15, 0.2) is 0 Å². The van der Waals surface area contributed by atoms with Crippen molar-refractivity contribution in [2.45, 2.75) is 51.6 Å². The molecule has 3 heterocycles. The van der Waals surface area contributed by atoms with Crippen LogP contribution >= 0.6 is 0 Å². The number of aliphatic hydroxyl groups is 2. The molecule has 3 atom stereocenters. The first-order valence-electron chi connectivity index (χ1n) is 10.3. The highest BCUT2D eigenvalue weighted by molar-refractivity contribution is 6.66. The Kier molecular flexibility index (Phi) is 5.20. The van der Waals surface area contributed by atoms with E-state index < -0.39 is 12.7 Å². The van der Waals surface area contributed by atoms with E-state index in [0.29, 0.717) is 0 Å². The molecule has 1 saturated carbocycles. The molecule has 0 spiro atoms. The summed E-state index contributed by atoms with van der Waals surface area (Å²) in [6, 6.07) is 1.98. The number of aromatic nitrogens is 2. The minimum atomic E-state index is -0.925. The molecule has 4 rings (SSSR count). The van der Waals surface area contributed by atoms with Crippen LogP contribution in [0.3, 0.4) is 0 Å².